The molecule has 1 N–H and O–H groups in total. The molecular formula is C33H66O10. The highest BCUT2D eigenvalue weighted by Gasteiger charge is 2.21. The van der Waals surface area contributed by atoms with Crippen molar-refractivity contribution in [3.63, 3.8) is 0 Å². The summed E-state index contributed by atoms with van der Waals surface area (Å²) >= 11 is 0. The molecule has 0 atom stereocenters. The first-order chi connectivity index (χ1) is 21.4. The lowest BCUT2D eigenvalue weighted by atomic mass is 9.84. The normalized spacial score (nSPS) is 17.2. The predicted octanol–water partition coefficient (Wildman–Crippen LogP) is 4.83. The third-order valence-corrected chi connectivity index (χ3v) is 7.43. The summed E-state index contributed by atoms with van der Waals surface area (Å²) in [5.74, 6) is 0.921. The molecule has 0 heterocycles. The lowest BCUT2D eigenvalue weighted by Gasteiger charge is -2.28. The van der Waals surface area contributed by atoms with Crippen molar-refractivity contribution in [2.24, 2.45) is 5.92 Å². The molecule has 0 aromatic rings. The molecule has 0 unspecified atom stereocenters. The second kappa shape index (κ2) is 34.5. The molecule has 0 aromatic heterocycles. The average Bonchev–Trinajstić information content (AvgIpc) is 3.03. The van der Waals surface area contributed by atoms with Gasteiger partial charge in [-0.15, -0.1) is 0 Å². The van der Waals surface area contributed by atoms with Crippen molar-refractivity contribution in [2.75, 3.05) is 119 Å². The lowest BCUT2D eigenvalue weighted by Crippen LogP contribution is -2.23. The van der Waals surface area contributed by atoms with Gasteiger partial charge in [0.15, 0.2) is 0 Å². The van der Waals surface area contributed by atoms with Gasteiger partial charge in [-0.1, -0.05) is 58.3 Å². The summed E-state index contributed by atoms with van der Waals surface area (Å²) in [5, 5.41) is 8.58. The Morgan fingerprint density at radius 1 is 0.419 bits per heavy atom. The minimum atomic E-state index is 0.0329. The third-order valence-electron chi connectivity index (χ3n) is 7.43. The van der Waals surface area contributed by atoms with Crippen molar-refractivity contribution in [3.05, 3.63) is 0 Å². The minimum Gasteiger partial charge on any atom is -0.394 e. The number of unbranched alkanes of at least 4 members (excludes halogenated alkanes) is 6. The quantitative estimate of drug-likeness (QED) is 0.0989. The van der Waals surface area contributed by atoms with Crippen molar-refractivity contribution in [1.29, 1.82) is 0 Å². The Labute approximate surface area is 262 Å². The van der Waals surface area contributed by atoms with Crippen LogP contribution in [0.1, 0.15) is 84.0 Å². The first-order valence-electron chi connectivity index (χ1n) is 17.2. The van der Waals surface area contributed by atoms with Crippen LogP contribution in [0, 0.1) is 5.92 Å². The zero-order valence-corrected chi connectivity index (χ0v) is 27.5. The number of hydrogen-bond donors (Lipinski definition) is 1. The van der Waals surface area contributed by atoms with Crippen molar-refractivity contribution < 1.29 is 47.7 Å². The van der Waals surface area contributed by atoms with E-state index in [9.17, 15) is 0 Å². The molecule has 0 spiro atoms. The Kier molecular flexibility index (Phi) is 32.6. The second-order valence-corrected chi connectivity index (χ2v) is 11.0. The van der Waals surface area contributed by atoms with Gasteiger partial charge in [-0.3, -0.25) is 0 Å². The highest BCUT2D eigenvalue weighted by Crippen LogP contribution is 2.30. The van der Waals surface area contributed by atoms with Gasteiger partial charge < -0.3 is 47.7 Å². The van der Waals surface area contributed by atoms with Crippen LogP contribution >= 0.6 is 0 Å². The predicted molar refractivity (Wildman–Crippen MR) is 168 cm³/mol. The molecule has 10 nitrogen and oxygen atoms in total. The Hall–Kier alpha value is -0.400. The standard InChI is InChI=1S/C33H66O10/c1-2-3-4-5-6-7-8-9-32-10-12-33(13-11-32)43-31-30-42-29-28-41-27-26-40-25-24-39-23-22-38-21-20-37-19-18-36-17-16-35-15-14-34/h32-34H,2-31H2,1H3. The van der Waals surface area contributed by atoms with Crippen LogP contribution in [0.5, 0.6) is 0 Å². The van der Waals surface area contributed by atoms with Gasteiger partial charge in [0.25, 0.3) is 0 Å². The Morgan fingerprint density at radius 3 is 1.16 bits per heavy atom. The van der Waals surface area contributed by atoms with E-state index in [1.165, 1.54) is 77.0 Å². The van der Waals surface area contributed by atoms with E-state index in [0.29, 0.717) is 118 Å². The van der Waals surface area contributed by atoms with Gasteiger partial charge in [-0.25, -0.2) is 0 Å². The zero-order chi connectivity index (χ0) is 30.7. The Morgan fingerprint density at radius 2 is 0.767 bits per heavy atom. The molecule has 1 aliphatic carbocycles. The van der Waals surface area contributed by atoms with Gasteiger partial charge in [-0.05, 0) is 31.6 Å². The Balaban J connectivity index is 1.68. The van der Waals surface area contributed by atoms with Gasteiger partial charge in [0.1, 0.15) is 0 Å². The fraction of sp³-hybridized carbons (Fsp3) is 1.00. The molecule has 0 bridgehead atoms. The summed E-state index contributed by atoms with van der Waals surface area (Å²) in [6, 6.07) is 0. The highest BCUT2D eigenvalue weighted by atomic mass is 16.6. The fourth-order valence-electron chi connectivity index (χ4n) is 4.96. The van der Waals surface area contributed by atoms with Crippen molar-refractivity contribution in [3.8, 4) is 0 Å². The van der Waals surface area contributed by atoms with Crippen LogP contribution in [0.25, 0.3) is 0 Å². The topological polar surface area (TPSA) is 103 Å². The van der Waals surface area contributed by atoms with Gasteiger partial charge in [0.2, 0.25) is 0 Å². The van der Waals surface area contributed by atoms with Crippen LogP contribution in [0.15, 0.2) is 0 Å². The van der Waals surface area contributed by atoms with E-state index in [-0.39, 0.29) is 6.61 Å². The fourth-order valence-corrected chi connectivity index (χ4v) is 4.96. The number of aliphatic hydroxyl groups is 1. The minimum absolute atomic E-state index is 0.0329. The average molecular weight is 623 g/mol. The molecule has 1 fully saturated rings. The van der Waals surface area contributed by atoms with Gasteiger partial charge in [-0.2, -0.15) is 0 Å². The first-order valence-corrected chi connectivity index (χ1v) is 17.2. The van der Waals surface area contributed by atoms with Crippen LogP contribution < -0.4 is 0 Å². The maximum atomic E-state index is 8.58. The summed E-state index contributed by atoms with van der Waals surface area (Å²) in [5.41, 5.74) is 0. The third kappa shape index (κ3) is 30.0. The molecule has 0 saturated heterocycles. The molecule has 0 amide bonds. The van der Waals surface area contributed by atoms with E-state index in [1.54, 1.807) is 0 Å². The molecule has 0 aliphatic heterocycles. The van der Waals surface area contributed by atoms with E-state index >= 15 is 0 Å². The first kappa shape index (κ1) is 40.6. The molecule has 10 heteroatoms. The monoisotopic (exact) mass is 622 g/mol. The molecule has 43 heavy (non-hydrogen) atoms. The van der Waals surface area contributed by atoms with Crippen molar-refractivity contribution in [1.82, 2.24) is 0 Å². The summed E-state index contributed by atoms with van der Waals surface area (Å²) in [4.78, 5) is 0. The molecule has 0 aromatic carbocycles. The summed E-state index contributed by atoms with van der Waals surface area (Å²) in [7, 11) is 0. The summed E-state index contributed by atoms with van der Waals surface area (Å²) in [6.45, 7) is 11.4. The maximum absolute atomic E-state index is 8.58. The second-order valence-electron chi connectivity index (χ2n) is 11.0. The largest absolute Gasteiger partial charge is 0.394 e. The van der Waals surface area contributed by atoms with Gasteiger partial charge in [0, 0.05) is 0 Å². The van der Waals surface area contributed by atoms with E-state index in [2.05, 4.69) is 6.92 Å². The lowest BCUT2D eigenvalue weighted by molar-refractivity contribution is -0.0354. The number of aliphatic hydroxyl groups excluding tert-OH is 1. The van der Waals surface area contributed by atoms with Crippen LogP contribution in [0.4, 0.5) is 0 Å². The number of hydrogen-bond acceptors (Lipinski definition) is 10. The summed E-state index contributed by atoms with van der Waals surface area (Å²) in [6.07, 6.45) is 16.8. The van der Waals surface area contributed by atoms with Crippen LogP contribution in [-0.2, 0) is 42.6 Å². The number of rotatable bonds is 35. The van der Waals surface area contributed by atoms with Crippen LogP contribution in [0.3, 0.4) is 0 Å². The number of ether oxygens (including phenoxy) is 9. The zero-order valence-electron chi connectivity index (χ0n) is 27.5. The molecule has 258 valence electrons. The maximum Gasteiger partial charge on any atom is 0.0704 e. The van der Waals surface area contributed by atoms with E-state index in [0.717, 1.165) is 5.92 Å². The van der Waals surface area contributed by atoms with E-state index < -0.39 is 0 Å². The molecule has 1 saturated carbocycles. The molecular weight excluding hydrogens is 556 g/mol. The van der Waals surface area contributed by atoms with E-state index in [4.69, 9.17) is 47.7 Å². The molecule has 1 rings (SSSR count). The smallest absolute Gasteiger partial charge is 0.0704 e. The van der Waals surface area contributed by atoms with E-state index in [1.807, 2.05) is 0 Å². The van der Waals surface area contributed by atoms with Crippen molar-refractivity contribution in [2.45, 2.75) is 90.1 Å². The van der Waals surface area contributed by atoms with Gasteiger partial charge in [0.05, 0.1) is 125 Å². The van der Waals surface area contributed by atoms with Gasteiger partial charge >= 0.3 is 0 Å². The molecule has 1 aliphatic rings. The van der Waals surface area contributed by atoms with Crippen molar-refractivity contribution >= 4 is 0 Å². The SMILES string of the molecule is CCCCCCCCCC1CCC(OCCOCCOCCOCCOCCOCCOCCOCCOCCO)CC1. The highest BCUT2D eigenvalue weighted by molar-refractivity contribution is 4.73. The van der Waals surface area contributed by atoms with Crippen LogP contribution in [0.2, 0.25) is 0 Å². The summed E-state index contributed by atoms with van der Waals surface area (Å²) < 4.78 is 49.5. The molecule has 0 radical (unpaired) electrons. The van der Waals surface area contributed by atoms with Crippen LogP contribution in [-0.4, -0.2) is 130 Å². The Bertz CT molecular complexity index is 520.